The molecule has 1 N–H and O–H groups in total. The molecule has 0 fully saturated rings. The first-order valence-corrected chi connectivity index (χ1v) is 4.51. The maximum Gasteiger partial charge on any atom is 0.422 e. The van der Waals surface area contributed by atoms with Crippen LogP contribution in [-0.4, -0.2) is 30.1 Å². The fraction of sp³-hybridized carbons (Fsp3) is 0.300. The highest BCUT2D eigenvalue weighted by atomic mass is 19.4. The van der Waals surface area contributed by atoms with Crippen LogP contribution >= 0.6 is 0 Å². The SMILES string of the molecule is O=C(OCC(F)(F)F)C(O)Oc1ccccc1. The fourth-order valence-corrected chi connectivity index (χ4v) is 0.900. The van der Waals surface area contributed by atoms with Crippen molar-refractivity contribution in [3.8, 4) is 5.75 Å². The Morgan fingerprint density at radius 2 is 1.88 bits per heavy atom. The number of carbonyl (C=O) groups excluding carboxylic acids is 1. The Labute approximate surface area is 94.6 Å². The molecule has 0 saturated carbocycles. The van der Waals surface area contributed by atoms with Crippen molar-refractivity contribution in [3.63, 3.8) is 0 Å². The number of ether oxygens (including phenoxy) is 2. The van der Waals surface area contributed by atoms with Crippen LogP contribution in [-0.2, 0) is 9.53 Å². The van der Waals surface area contributed by atoms with Crippen LogP contribution in [0.2, 0.25) is 0 Å². The van der Waals surface area contributed by atoms with Crippen molar-refractivity contribution >= 4 is 5.97 Å². The Bertz CT molecular complexity index is 364. The molecule has 1 aromatic rings. The summed E-state index contributed by atoms with van der Waals surface area (Å²) in [5, 5.41) is 9.10. The van der Waals surface area contributed by atoms with Crippen LogP contribution in [0.3, 0.4) is 0 Å². The van der Waals surface area contributed by atoms with E-state index in [1.807, 2.05) is 0 Å². The lowest BCUT2D eigenvalue weighted by atomic mass is 10.3. The van der Waals surface area contributed by atoms with Gasteiger partial charge in [0.1, 0.15) is 5.75 Å². The Kier molecular flexibility index (Phi) is 4.33. The predicted molar refractivity (Wildman–Crippen MR) is 50.1 cm³/mol. The summed E-state index contributed by atoms with van der Waals surface area (Å²) in [6.45, 7) is -1.76. The smallest absolute Gasteiger partial charge is 0.422 e. The molecule has 4 nitrogen and oxygen atoms in total. The molecular weight excluding hydrogens is 241 g/mol. The molecule has 1 atom stereocenters. The molecule has 0 aliphatic rings. The van der Waals surface area contributed by atoms with Crippen molar-refractivity contribution in [2.45, 2.75) is 12.5 Å². The highest BCUT2D eigenvalue weighted by molar-refractivity contribution is 5.73. The van der Waals surface area contributed by atoms with Crippen LogP contribution < -0.4 is 4.74 Å². The molecule has 17 heavy (non-hydrogen) atoms. The summed E-state index contributed by atoms with van der Waals surface area (Å²) < 4.78 is 43.6. The second kappa shape index (κ2) is 5.53. The van der Waals surface area contributed by atoms with E-state index < -0.39 is 25.0 Å². The number of hydrogen-bond donors (Lipinski definition) is 1. The summed E-state index contributed by atoms with van der Waals surface area (Å²) in [4.78, 5) is 10.9. The third-order valence-electron chi connectivity index (χ3n) is 1.57. The number of aliphatic hydroxyl groups is 1. The van der Waals surface area contributed by atoms with Crippen LogP contribution in [0.5, 0.6) is 5.75 Å². The van der Waals surface area contributed by atoms with Gasteiger partial charge < -0.3 is 14.6 Å². The molecule has 0 spiro atoms. The molecule has 0 heterocycles. The number of alkyl halides is 3. The molecule has 0 amide bonds. The van der Waals surface area contributed by atoms with E-state index in [0.29, 0.717) is 0 Å². The van der Waals surface area contributed by atoms with Gasteiger partial charge in [-0.25, -0.2) is 4.79 Å². The summed E-state index contributed by atoms with van der Waals surface area (Å²) >= 11 is 0. The van der Waals surface area contributed by atoms with Gasteiger partial charge in [0.2, 0.25) is 0 Å². The molecule has 0 radical (unpaired) electrons. The van der Waals surface area contributed by atoms with Gasteiger partial charge in [-0.05, 0) is 12.1 Å². The quantitative estimate of drug-likeness (QED) is 0.649. The number of benzene rings is 1. The molecule has 1 aromatic carbocycles. The van der Waals surface area contributed by atoms with Gasteiger partial charge in [0.15, 0.2) is 6.61 Å². The minimum atomic E-state index is -4.64. The second-order valence-corrected chi connectivity index (χ2v) is 3.01. The number of para-hydroxylation sites is 1. The van der Waals surface area contributed by atoms with Crippen LogP contribution in [0.1, 0.15) is 0 Å². The molecule has 0 aliphatic carbocycles. The number of carbonyl (C=O) groups is 1. The highest BCUT2D eigenvalue weighted by Gasteiger charge is 2.31. The Morgan fingerprint density at radius 1 is 1.29 bits per heavy atom. The third kappa shape index (κ3) is 5.21. The van der Waals surface area contributed by atoms with Crippen molar-refractivity contribution in [2.75, 3.05) is 6.61 Å². The number of esters is 1. The zero-order valence-electron chi connectivity index (χ0n) is 8.48. The van der Waals surface area contributed by atoms with Crippen molar-refractivity contribution in [1.29, 1.82) is 0 Å². The second-order valence-electron chi connectivity index (χ2n) is 3.01. The Balaban J connectivity index is 2.43. The van der Waals surface area contributed by atoms with E-state index in [1.54, 1.807) is 18.2 Å². The van der Waals surface area contributed by atoms with E-state index >= 15 is 0 Å². The van der Waals surface area contributed by atoms with E-state index in [4.69, 9.17) is 5.11 Å². The number of rotatable bonds is 4. The van der Waals surface area contributed by atoms with Crippen molar-refractivity contribution in [1.82, 2.24) is 0 Å². The van der Waals surface area contributed by atoms with Gasteiger partial charge >= 0.3 is 12.1 Å². The lowest BCUT2D eigenvalue weighted by molar-refractivity contribution is -0.200. The van der Waals surface area contributed by atoms with Crippen LogP contribution in [0.15, 0.2) is 30.3 Å². The van der Waals surface area contributed by atoms with Crippen LogP contribution in [0, 0.1) is 0 Å². The first-order chi connectivity index (χ1) is 7.88. The first-order valence-electron chi connectivity index (χ1n) is 4.51. The highest BCUT2D eigenvalue weighted by Crippen LogP contribution is 2.15. The van der Waals surface area contributed by atoms with E-state index in [1.165, 1.54) is 12.1 Å². The zero-order valence-corrected chi connectivity index (χ0v) is 8.48. The minimum absolute atomic E-state index is 0.143. The number of halogens is 3. The lowest BCUT2D eigenvalue weighted by Crippen LogP contribution is -2.32. The van der Waals surface area contributed by atoms with E-state index in [-0.39, 0.29) is 5.75 Å². The molecule has 94 valence electrons. The van der Waals surface area contributed by atoms with Gasteiger partial charge in [0.05, 0.1) is 0 Å². The lowest BCUT2D eigenvalue weighted by Gasteiger charge is -2.13. The molecule has 7 heteroatoms. The van der Waals surface area contributed by atoms with Crippen molar-refractivity contribution < 1.29 is 32.5 Å². The number of aliphatic hydroxyl groups excluding tert-OH is 1. The van der Waals surface area contributed by atoms with Crippen molar-refractivity contribution in [3.05, 3.63) is 30.3 Å². The van der Waals surface area contributed by atoms with Gasteiger partial charge in [0.25, 0.3) is 6.29 Å². The monoisotopic (exact) mass is 250 g/mol. The topological polar surface area (TPSA) is 55.8 Å². The summed E-state index contributed by atoms with van der Waals surface area (Å²) in [6.07, 6.45) is -6.72. The van der Waals surface area contributed by atoms with E-state index in [9.17, 15) is 18.0 Å². The molecular formula is C10H9F3O4. The Morgan fingerprint density at radius 3 is 2.41 bits per heavy atom. The maximum atomic E-state index is 11.7. The van der Waals surface area contributed by atoms with Gasteiger partial charge in [0, 0.05) is 0 Å². The Hall–Kier alpha value is -1.76. The van der Waals surface area contributed by atoms with E-state index in [2.05, 4.69) is 9.47 Å². The third-order valence-corrected chi connectivity index (χ3v) is 1.57. The average Bonchev–Trinajstić information content (AvgIpc) is 2.26. The molecule has 0 aromatic heterocycles. The minimum Gasteiger partial charge on any atom is -0.454 e. The van der Waals surface area contributed by atoms with E-state index in [0.717, 1.165) is 0 Å². The molecule has 0 aliphatic heterocycles. The maximum absolute atomic E-state index is 11.7. The molecule has 0 saturated heterocycles. The fourth-order valence-electron chi connectivity index (χ4n) is 0.900. The number of hydrogen-bond acceptors (Lipinski definition) is 4. The molecule has 1 unspecified atom stereocenters. The largest absolute Gasteiger partial charge is 0.454 e. The summed E-state index contributed by atoms with van der Waals surface area (Å²) in [6, 6.07) is 7.67. The van der Waals surface area contributed by atoms with Crippen LogP contribution in [0.4, 0.5) is 13.2 Å². The van der Waals surface area contributed by atoms with Gasteiger partial charge in [-0.15, -0.1) is 0 Å². The normalized spacial score (nSPS) is 12.9. The molecule has 1 rings (SSSR count). The first kappa shape index (κ1) is 13.3. The summed E-state index contributed by atoms with van der Waals surface area (Å²) in [5.41, 5.74) is 0. The van der Waals surface area contributed by atoms with Gasteiger partial charge in [-0.3, -0.25) is 0 Å². The standard InChI is InChI=1S/C10H9F3O4/c11-10(12,13)6-16-8(14)9(15)17-7-4-2-1-3-5-7/h1-5,9,15H,6H2. The zero-order chi connectivity index (χ0) is 12.9. The van der Waals surface area contributed by atoms with Crippen LogP contribution in [0.25, 0.3) is 0 Å². The summed E-state index contributed by atoms with van der Waals surface area (Å²) in [5.74, 6) is -1.35. The predicted octanol–water partition coefficient (Wildman–Crippen LogP) is 1.49. The van der Waals surface area contributed by atoms with Gasteiger partial charge in [-0.1, -0.05) is 18.2 Å². The average molecular weight is 250 g/mol. The van der Waals surface area contributed by atoms with Gasteiger partial charge in [-0.2, -0.15) is 13.2 Å². The van der Waals surface area contributed by atoms with Crippen molar-refractivity contribution in [2.24, 2.45) is 0 Å². The summed E-state index contributed by atoms with van der Waals surface area (Å²) in [7, 11) is 0. The molecule has 0 bridgehead atoms.